The molecular formula is C51H38N2S. The molecule has 1 aliphatic rings. The monoisotopic (exact) mass is 710 g/mol. The van der Waals surface area contributed by atoms with Gasteiger partial charge in [0.2, 0.25) is 0 Å². The molecule has 0 N–H and O–H groups in total. The summed E-state index contributed by atoms with van der Waals surface area (Å²) in [5, 5.41) is 2.60. The fourth-order valence-electron chi connectivity index (χ4n) is 8.46. The van der Waals surface area contributed by atoms with E-state index in [9.17, 15) is 0 Å². The minimum absolute atomic E-state index is 0.177. The van der Waals surface area contributed by atoms with Crippen LogP contribution in [-0.4, -0.2) is 4.57 Å². The van der Waals surface area contributed by atoms with E-state index in [1.807, 2.05) is 11.3 Å². The highest BCUT2D eigenvalue weighted by Gasteiger charge is 2.39. The highest BCUT2D eigenvalue weighted by molar-refractivity contribution is 7.16. The van der Waals surface area contributed by atoms with Crippen LogP contribution in [0.4, 0.5) is 17.1 Å². The second-order valence-electron chi connectivity index (χ2n) is 14.6. The number of thiophene rings is 1. The Kier molecular flexibility index (Phi) is 7.71. The van der Waals surface area contributed by atoms with Crippen LogP contribution >= 0.6 is 11.3 Å². The predicted octanol–water partition coefficient (Wildman–Crippen LogP) is 14.5. The molecule has 54 heavy (non-hydrogen) atoms. The summed E-state index contributed by atoms with van der Waals surface area (Å²) in [7, 11) is 0. The van der Waals surface area contributed by atoms with Gasteiger partial charge in [-0.1, -0.05) is 129 Å². The van der Waals surface area contributed by atoms with Crippen molar-refractivity contribution in [2.45, 2.75) is 19.3 Å². The molecule has 1 aliphatic carbocycles. The Hall–Kier alpha value is -6.42. The average Bonchev–Trinajstić information content (AvgIpc) is 3.90. The smallest absolute Gasteiger partial charge is 0.0588 e. The van der Waals surface area contributed by atoms with Crippen molar-refractivity contribution in [3.63, 3.8) is 0 Å². The summed E-state index contributed by atoms with van der Waals surface area (Å²) < 4.78 is 2.48. The molecule has 0 bridgehead atoms. The van der Waals surface area contributed by atoms with Gasteiger partial charge < -0.3 is 9.47 Å². The molecule has 2 heterocycles. The van der Waals surface area contributed by atoms with Crippen molar-refractivity contribution >= 4 is 62.4 Å². The zero-order valence-electron chi connectivity index (χ0n) is 30.3. The molecule has 0 saturated heterocycles. The van der Waals surface area contributed by atoms with E-state index in [1.165, 1.54) is 70.6 Å². The molecule has 0 atom stereocenters. The van der Waals surface area contributed by atoms with Crippen LogP contribution in [0.1, 0.15) is 35.4 Å². The van der Waals surface area contributed by atoms with Crippen LogP contribution in [0.2, 0.25) is 0 Å². The van der Waals surface area contributed by atoms with Crippen LogP contribution in [0.25, 0.3) is 61.2 Å². The van der Waals surface area contributed by atoms with Crippen molar-refractivity contribution in [1.82, 2.24) is 4.57 Å². The SMILES string of the molecule is CC1(C)c2cc(-c3ccc(C=Cc4ccc(N(c5ccccc5)c5ccccc5)cc4)s3)ccc2-c2ccc3c4ccccc4n(-c4ccccc4)c3c21. The van der Waals surface area contributed by atoms with Gasteiger partial charge in [0.05, 0.1) is 11.0 Å². The van der Waals surface area contributed by atoms with Crippen LogP contribution < -0.4 is 4.90 Å². The summed E-state index contributed by atoms with van der Waals surface area (Å²) in [6.07, 6.45) is 4.45. The van der Waals surface area contributed by atoms with Crippen molar-refractivity contribution in [2.75, 3.05) is 4.90 Å². The summed E-state index contributed by atoms with van der Waals surface area (Å²) in [6.45, 7) is 4.81. The minimum Gasteiger partial charge on any atom is -0.311 e. The summed E-state index contributed by atoms with van der Waals surface area (Å²) in [6, 6.07) is 65.9. The van der Waals surface area contributed by atoms with E-state index in [4.69, 9.17) is 0 Å². The van der Waals surface area contributed by atoms with Crippen LogP contribution in [0.15, 0.2) is 182 Å². The fraction of sp³-hybridized carbons (Fsp3) is 0.0588. The Morgan fingerprint density at radius 1 is 0.537 bits per heavy atom. The molecule has 0 spiro atoms. The second-order valence-corrected chi connectivity index (χ2v) is 15.7. The Bertz CT molecular complexity index is 2780. The molecule has 9 aromatic rings. The molecule has 258 valence electrons. The lowest BCUT2D eigenvalue weighted by Gasteiger charge is -2.25. The Morgan fingerprint density at radius 2 is 1.17 bits per heavy atom. The molecule has 7 aromatic carbocycles. The third-order valence-corrected chi connectivity index (χ3v) is 12.1. The molecule has 10 rings (SSSR count). The maximum Gasteiger partial charge on any atom is 0.0588 e. The Labute approximate surface area is 320 Å². The highest BCUT2D eigenvalue weighted by Crippen LogP contribution is 2.54. The largest absolute Gasteiger partial charge is 0.311 e. The number of benzene rings is 7. The van der Waals surface area contributed by atoms with Gasteiger partial charge in [-0.25, -0.2) is 0 Å². The van der Waals surface area contributed by atoms with Gasteiger partial charge in [0.15, 0.2) is 0 Å². The molecule has 2 nitrogen and oxygen atoms in total. The summed E-state index contributed by atoms with van der Waals surface area (Å²) in [4.78, 5) is 4.81. The predicted molar refractivity (Wildman–Crippen MR) is 232 cm³/mol. The van der Waals surface area contributed by atoms with E-state index >= 15 is 0 Å². The van der Waals surface area contributed by atoms with Gasteiger partial charge >= 0.3 is 0 Å². The van der Waals surface area contributed by atoms with Gasteiger partial charge in [0, 0.05) is 48.7 Å². The summed E-state index contributed by atoms with van der Waals surface area (Å²) in [5.74, 6) is 0. The topological polar surface area (TPSA) is 8.17 Å². The first kappa shape index (κ1) is 32.2. The first-order valence-electron chi connectivity index (χ1n) is 18.6. The number of nitrogens with zero attached hydrogens (tertiary/aromatic N) is 2. The van der Waals surface area contributed by atoms with E-state index in [2.05, 4.69) is 217 Å². The van der Waals surface area contributed by atoms with Crippen LogP contribution in [-0.2, 0) is 5.41 Å². The second kappa shape index (κ2) is 12.9. The number of aromatic nitrogens is 1. The standard InChI is InChI=1S/C51H38N2S/c1-51(2)46-34-36(25-30-42(46)44-31-32-45-43-20-12-13-21-47(43)53(50(45)49(44)51)39-18-10-5-11-19-39)48-33-29-41(54-48)28-24-35-22-26-40(27-23-35)52(37-14-6-3-7-15-37)38-16-8-4-9-17-38/h3-34H,1-2H3. The van der Waals surface area contributed by atoms with Gasteiger partial charge in [0.25, 0.3) is 0 Å². The first-order valence-corrected chi connectivity index (χ1v) is 19.4. The minimum atomic E-state index is -0.177. The Morgan fingerprint density at radius 3 is 1.89 bits per heavy atom. The highest BCUT2D eigenvalue weighted by atomic mass is 32.1. The maximum atomic E-state index is 2.48. The van der Waals surface area contributed by atoms with Gasteiger partial charge in [-0.05, 0) is 112 Å². The average molecular weight is 711 g/mol. The number of anilines is 3. The van der Waals surface area contributed by atoms with Crippen molar-refractivity contribution < 1.29 is 0 Å². The van der Waals surface area contributed by atoms with Crippen LogP contribution in [0.3, 0.4) is 0 Å². The van der Waals surface area contributed by atoms with Gasteiger partial charge in [-0.3, -0.25) is 0 Å². The number of hydrogen-bond acceptors (Lipinski definition) is 2. The lowest BCUT2D eigenvalue weighted by Crippen LogP contribution is -2.16. The molecule has 0 amide bonds. The third-order valence-electron chi connectivity index (χ3n) is 11.0. The molecule has 0 unspecified atom stereocenters. The molecule has 0 fully saturated rings. The zero-order chi connectivity index (χ0) is 36.2. The van der Waals surface area contributed by atoms with Crippen molar-refractivity contribution in [3.05, 3.63) is 204 Å². The van der Waals surface area contributed by atoms with Crippen LogP contribution in [0.5, 0.6) is 0 Å². The van der Waals surface area contributed by atoms with Crippen molar-refractivity contribution in [3.8, 4) is 27.3 Å². The molecule has 0 aliphatic heterocycles. The number of para-hydroxylation sites is 4. The number of fused-ring (bicyclic) bond motifs is 7. The van der Waals surface area contributed by atoms with Gasteiger partial charge in [0.1, 0.15) is 0 Å². The number of hydrogen-bond donors (Lipinski definition) is 0. The summed E-state index contributed by atoms with van der Waals surface area (Å²) >= 11 is 1.84. The lowest BCUT2D eigenvalue weighted by atomic mass is 9.81. The normalized spacial score (nSPS) is 13.1. The molecule has 2 aromatic heterocycles. The first-order chi connectivity index (χ1) is 26.5. The van der Waals surface area contributed by atoms with Crippen LogP contribution in [0, 0.1) is 0 Å². The molecular weight excluding hydrogens is 673 g/mol. The van der Waals surface area contributed by atoms with E-state index in [0.717, 1.165) is 17.1 Å². The molecule has 0 radical (unpaired) electrons. The van der Waals surface area contributed by atoms with Gasteiger partial charge in [-0.15, -0.1) is 11.3 Å². The third kappa shape index (κ3) is 5.31. The van der Waals surface area contributed by atoms with Crippen molar-refractivity contribution in [2.24, 2.45) is 0 Å². The maximum absolute atomic E-state index is 2.48. The zero-order valence-corrected chi connectivity index (χ0v) is 31.1. The Balaban J connectivity index is 0.957. The number of rotatable bonds is 7. The molecule has 3 heteroatoms. The van der Waals surface area contributed by atoms with Crippen molar-refractivity contribution in [1.29, 1.82) is 0 Å². The van der Waals surface area contributed by atoms with E-state index < -0.39 is 0 Å². The van der Waals surface area contributed by atoms with E-state index in [0.29, 0.717) is 0 Å². The summed E-state index contributed by atoms with van der Waals surface area (Å²) in [5.41, 5.74) is 14.9. The van der Waals surface area contributed by atoms with E-state index in [-0.39, 0.29) is 5.41 Å². The quantitative estimate of drug-likeness (QED) is 0.160. The molecule has 0 saturated carbocycles. The van der Waals surface area contributed by atoms with E-state index in [1.54, 1.807) is 0 Å². The fourth-order valence-corrected chi connectivity index (χ4v) is 9.36. The van der Waals surface area contributed by atoms with Gasteiger partial charge in [-0.2, -0.15) is 0 Å². The lowest BCUT2D eigenvalue weighted by molar-refractivity contribution is 0.664.